The summed E-state index contributed by atoms with van der Waals surface area (Å²) in [4.78, 5) is 4.33. The number of aromatic nitrogens is 4. The van der Waals surface area contributed by atoms with Gasteiger partial charge in [-0.15, -0.1) is 14.8 Å². The number of sulfonamides is 1. The number of nitrogens with two attached hydrogens (primary N) is 1. The molecule has 0 aliphatic rings. The zero-order valence-electron chi connectivity index (χ0n) is 12.5. The number of anilines is 1. The molecule has 0 radical (unpaired) electrons. The molecule has 8 nitrogen and oxygen atoms in total. The first-order valence-electron chi connectivity index (χ1n) is 6.98. The third-order valence-corrected chi connectivity index (χ3v) is 4.21. The van der Waals surface area contributed by atoms with E-state index in [9.17, 15) is 8.42 Å². The summed E-state index contributed by atoms with van der Waals surface area (Å²) >= 11 is 0. The molecule has 0 saturated heterocycles. The summed E-state index contributed by atoms with van der Waals surface area (Å²) in [7, 11) is -3.64. The van der Waals surface area contributed by atoms with Gasteiger partial charge in [-0.1, -0.05) is 12.1 Å². The van der Waals surface area contributed by atoms with Gasteiger partial charge in [-0.3, -0.25) is 0 Å². The second-order valence-corrected chi connectivity index (χ2v) is 6.65. The lowest BCUT2D eigenvalue weighted by atomic mass is 10.1. The van der Waals surface area contributed by atoms with E-state index in [4.69, 9.17) is 5.14 Å². The Morgan fingerprint density at radius 2 is 1.87 bits per heavy atom. The van der Waals surface area contributed by atoms with Crippen LogP contribution in [0, 0.1) is 6.92 Å². The van der Waals surface area contributed by atoms with Gasteiger partial charge in [-0.2, -0.15) is 0 Å². The topological polar surface area (TPSA) is 115 Å². The van der Waals surface area contributed by atoms with Crippen LogP contribution < -0.4 is 10.5 Å². The molecule has 2 heterocycles. The first-order valence-corrected chi connectivity index (χ1v) is 8.53. The third kappa shape index (κ3) is 3.63. The largest absolute Gasteiger partial charge is 0.368 e. The molecule has 3 N–H and O–H groups in total. The van der Waals surface area contributed by atoms with Crippen molar-refractivity contribution in [2.75, 3.05) is 11.9 Å². The van der Waals surface area contributed by atoms with Crippen LogP contribution in [0.5, 0.6) is 0 Å². The van der Waals surface area contributed by atoms with Crippen molar-refractivity contribution in [3.05, 3.63) is 47.8 Å². The zero-order chi connectivity index (χ0) is 16.4. The van der Waals surface area contributed by atoms with Crippen LogP contribution in [-0.2, 0) is 16.4 Å². The van der Waals surface area contributed by atoms with Crippen LogP contribution in [0.4, 0.5) is 5.82 Å². The Kier molecular flexibility index (Phi) is 3.97. The number of nitrogens with one attached hydrogen (secondary N) is 1. The molecule has 0 fully saturated rings. The van der Waals surface area contributed by atoms with Gasteiger partial charge < -0.3 is 5.32 Å². The van der Waals surface area contributed by atoms with Crippen LogP contribution in [0.25, 0.3) is 5.65 Å². The molecular formula is C14H16N6O2S. The van der Waals surface area contributed by atoms with E-state index in [0.717, 1.165) is 12.0 Å². The van der Waals surface area contributed by atoms with Gasteiger partial charge in [0.1, 0.15) is 11.6 Å². The number of hydrogen-bond acceptors (Lipinski definition) is 6. The van der Waals surface area contributed by atoms with E-state index in [1.165, 1.54) is 16.8 Å². The van der Waals surface area contributed by atoms with Crippen molar-refractivity contribution >= 4 is 21.5 Å². The van der Waals surface area contributed by atoms with Gasteiger partial charge in [0, 0.05) is 6.54 Å². The SMILES string of the molecule is Cc1nc2ccc(NCCc3ccc(S(N)(=O)=O)cc3)nn2n1. The maximum atomic E-state index is 11.2. The predicted octanol–water partition coefficient (Wildman–Crippen LogP) is 0.735. The van der Waals surface area contributed by atoms with Crippen molar-refractivity contribution in [1.82, 2.24) is 19.8 Å². The van der Waals surface area contributed by atoms with Crippen LogP contribution in [0.3, 0.4) is 0 Å². The molecule has 0 amide bonds. The number of aryl methyl sites for hydroxylation is 1. The molecule has 0 spiro atoms. The standard InChI is InChI=1S/C14H16N6O2S/c1-10-17-14-7-6-13(19-20(14)18-10)16-9-8-11-2-4-12(5-3-11)23(15,21)22/h2-7H,8-9H2,1H3,(H,16,19)(H2,15,21,22). The molecule has 0 saturated carbocycles. The summed E-state index contributed by atoms with van der Waals surface area (Å²) in [6.07, 6.45) is 0.723. The lowest BCUT2D eigenvalue weighted by molar-refractivity contribution is 0.598. The summed E-state index contributed by atoms with van der Waals surface area (Å²) in [6.45, 7) is 2.47. The second-order valence-electron chi connectivity index (χ2n) is 5.09. The lowest BCUT2D eigenvalue weighted by Gasteiger charge is -2.06. The van der Waals surface area contributed by atoms with Crippen molar-refractivity contribution in [2.24, 2.45) is 5.14 Å². The number of fused-ring (bicyclic) bond motifs is 1. The van der Waals surface area contributed by atoms with Crippen LogP contribution in [0.1, 0.15) is 11.4 Å². The van der Waals surface area contributed by atoms with E-state index >= 15 is 0 Å². The van der Waals surface area contributed by atoms with Crippen LogP contribution in [0.2, 0.25) is 0 Å². The highest BCUT2D eigenvalue weighted by Gasteiger charge is 2.06. The Balaban J connectivity index is 1.61. The normalized spacial score (nSPS) is 11.7. The molecule has 2 aromatic heterocycles. The predicted molar refractivity (Wildman–Crippen MR) is 85.5 cm³/mol. The molecule has 9 heteroatoms. The highest BCUT2D eigenvalue weighted by molar-refractivity contribution is 7.89. The van der Waals surface area contributed by atoms with Gasteiger partial charge in [0.05, 0.1) is 4.90 Å². The molecule has 120 valence electrons. The summed E-state index contributed by atoms with van der Waals surface area (Å²) in [5.41, 5.74) is 1.70. The Hall–Kier alpha value is -2.52. The first kappa shape index (κ1) is 15.4. The Labute approximate surface area is 133 Å². The van der Waals surface area contributed by atoms with E-state index in [2.05, 4.69) is 20.5 Å². The van der Waals surface area contributed by atoms with Crippen LogP contribution in [-0.4, -0.2) is 34.8 Å². The van der Waals surface area contributed by atoms with Gasteiger partial charge in [0.2, 0.25) is 10.0 Å². The molecule has 3 rings (SSSR count). The number of primary sulfonamides is 1. The maximum Gasteiger partial charge on any atom is 0.238 e. The highest BCUT2D eigenvalue weighted by atomic mass is 32.2. The first-order chi connectivity index (χ1) is 10.9. The summed E-state index contributed by atoms with van der Waals surface area (Å²) < 4.78 is 23.9. The Morgan fingerprint density at radius 3 is 2.57 bits per heavy atom. The molecule has 0 aliphatic heterocycles. The molecular weight excluding hydrogens is 316 g/mol. The lowest BCUT2D eigenvalue weighted by Crippen LogP contribution is -2.12. The quantitative estimate of drug-likeness (QED) is 0.712. The average molecular weight is 332 g/mol. The number of hydrogen-bond donors (Lipinski definition) is 2. The summed E-state index contributed by atoms with van der Waals surface area (Å²) in [5.74, 6) is 1.37. The summed E-state index contributed by atoms with van der Waals surface area (Å²) in [6, 6.07) is 10.2. The third-order valence-electron chi connectivity index (χ3n) is 3.29. The zero-order valence-corrected chi connectivity index (χ0v) is 13.3. The number of benzene rings is 1. The van der Waals surface area contributed by atoms with Gasteiger partial charge in [0.25, 0.3) is 0 Å². The molecule has 0 unspecified atom stereocenters. The van der Waals surface area contributed by atoms with E-state index in [-0.39, 0.29) is 4.90 Å². The van der Waals surface area contributed by atoms with E-state index < -0.39 is 10.0 Å². The minimum atomic E-state index is -3.64. The molecule has 3 aromatic rings. The van der Waals surface area contributed by atoms with Gasteiger partial charge >= 0.3 is 0 Å². The monoisotopic (exact) mass is 332 g/mol. The number of nitrogens with zero attached hydrogens (tertiary/aromatic N) is 4. The highest BCUT2D eigenvalue weighted by Crippen LogP contribution is 2.10. The van der Waals surface area contributed by atoms with Crippen molar-refractivity contribution in [2.45, 2.75) is 18.2 Å². The fourth-order valence-corrected chi connectivity index (χ4v) is 2.68. The van der Waals surface area contributed by atoms with Crippen molar-refractivity contribution in [3.63, 3.8) is 0 Å². The molecule has 0 aliphatic carbocycles. The maximum absolute atomic E-state index is 11.2. The van der Waals surface area contributed by atoms with Crippen molar-refractivity contribution in [1.29, 1.82) is 0 Å². The minimum Gasteiger partial charge on any atom is -0.368 e. The fourth-order valence-electron chi connectivity index (χ4n) is 2.16. The smallest absolute Gasteiger partial charge is 0.238 e. The van der Waals surface area contributed by atoms with Crippen LogP contribution >= 0.6 is 0 Å². The molecule has 1 aromatic carbocycles. The summed E-state index contributed by atoms with van der Waals surface area (Å²) in [5, 5.41) is 16.7. The minimum absolute atomic E-state index is 0.114. The van der Waals surface area contributed by atoms with E-state index in [1.54, 1.807) is 12.1 Å². The fraction of sp³-hybridized carbons (Fsp3) is 0.214. The van der Waals surface area contributed by atoms with Gasteiger partial charge in [-0.05, 0) is 43.2 Å². The van der Waals surface area contributed by atoms with Gasteiger partial charge in [-0.25, -0.2) is 18.5 Å². The second kappa shape index (κ2) is 5.94. The van der Waals surface area contributed by atoms with Crippen molar-refractivity contribution < 1.29 is 8.42 Å². The molecule has 0 atom stereocenters. The molecule has 23 heavy (non-hydrogen) atoms. The van der Waals surface area contributed by atoms with Crippen LogP contribution in [0.15, 0.2) is 41.3 Å². The van der Waals surface area contributed by atoms with E-state index in [1.807, 2.05) is 19.1 Å². The Bertz CT molecular complexity index is 934. The van der Waals surface area contributed by atoms with Crippen molar-refractivity contribution in [3.8, 4) is 0 Å². The van der Waals surface area contributed by atoms with Gasteiger partial charge in [0.15, 0.2) is 5.65 Å². The average Bonchev–Trinajstić information content (AvgIpc) is 2.86. The van der Waals surface area contributed by atoms with E-state index in [0.29, 0.717) is 23.8 Å². The molecule has 0 bridgehead atoms. The number of rotatable bonds is 5. The Morgan fingerprint density at radius 1 is 1.13 bits per heavy atom.